The molecule has 0 aromatic rings. The van der Waals surface area contributed by atoms with Gasteiger partial charge in [0.05, 0.1) is 20.1 Å². The third-order valence-corrected chi connectivity index (χ3v) is 10.2. The fraction of sp³-hybridized carbons (Fsp3) is 0.951. The zero-order valence-corrected chi connectivity index (χ0v) is 35.4. The Morgan fingerprint density at radius 3 is 1.17 bits per heavy atom. The zero-order valence-electron chi connectivity index (χ0n) is 34.6. The van der Waals surface area contributed by atoms with Gasteiger partial charge in [-0.25, -0.2) is 8.42 Å². The van der Waals surface area contributed by atoms with Crippen molar-refractivity contribution in [2.24, 2.45) is 0 Å². The van der Waals surface area contributed by atoms with E-state index < -0.39 is 28.3 Å². The smallest absolute Gasteiger partial charge is 0.306 e. The van der Waals surface area contributed by atoms with Crippen molar-refractivity contribution < 1.29 is 46.6 Å². The molecule has 0 amide bonds. The third kappa shape index (κ3) is 37.1. The van der Waals surface area contributed by atoms with Gasteiger partial charge in [-0.15, -0.1) is 0 Å². The maximum Gasteiger partial charge on any atom is 0.306 e. The van der Waals surface area contributed by atoms with Gasteiger partial charge in [0, 0.05) is 12.8 Å². The first-order valence-electron chi connectivity index (χ1n) is 21.4. The topological polar surface area (TPSA) is 156 Å². The number of unbranched alkanes of at least 4 members (excludes halogenated alkanes) is 24. The molecule has 0 aliphatic rings. The van der Waals surface area contributed by atoms with E-state index in [1.807, 2.05) is 0 Å². The summed E-state index contributed by atoms with van der Waals surface area (Å²) >= 11 is 0. The van der Waals surface area contributed by atoms with Gasteiger partial charge < -0.3 is 24.4 Å². The molecular formula is C41H83NO9S. The van der Waals surface area contributed by atoms with Crippen molar-refractivity contribution in [2.45, 2.75) is 239 Å². The quantitative estimate of drug-likeness (QED) is 0.0209. The van der Waals surface area contributed by atoms with Crippen molar-refractivity contribution in [3.05, 3.63) is 0 Å². The predicted molar refractivity (Wildman–Crippen MR) is 210 cm³/mol. The second-order valence-corrected chi connectivity index (χ2v) is 15.8. The number of aliphatic hydroxyl groups is 1. The Morgan fingerprint density at radius 1 is 0.596 bits per heavy atom. The largest absolute Gasteiger partial charge is 0.726 e. The normalized spacial score (nSPS) is 13.8. The Hall–Kier alpha value is -1.27. The van der Waals surface area contributed by atoms with Gasteiger partial charge in [-0.2, -0.15) is 0 Å². The van der Waals surface area contributed by atoms with E-state index in [2.05, 4.69) is 18.0 Å². The highest BCUT2D eigenvalue weighted by Gasteiger charge is 2.41. The van der Waals surface area contributed by atoms with Gasteiger partial charge in [0.25, 0.3) is 0 Å². The average Bonchev–Trinajstić information content (AvgIpc) is 3.08. The molecule has 11 heteroatoms. The standard InChI is InChI=1S/C39H77NO5.C2H6O4S/c1-6-8-10-12-14-16-18-20-22-24-26-28-30-32-37(41)44-35(3)34-39(43,40-5)36(4)45-38(42)33-31-29-27-25-23-21-19-17-15-13-11-9-7-2;1-2-6-7(3,4)5/h35-36,40,43H,6-34H2,1-5H3;2H2,1H3,(H,3,4,5). The maximum atomic E-state index is 12.5. The van der Waals surface area contributed by atoms with Crippen LogP contribution in [0.2, 0.25) is 0 Å². The molecule has 0 heterocycles. The van der Waals surface area contributed by atoms with Gasteiger partial charge in [0.1, 0.15) is 6.10 Å². The predicted octanol–water partition coefficient (Wildman–Crippen LogP) is 9.57. The van der Waals surface area contributed by atoms with Gasteiger partial charge in [-0.1, -0.05) is 168 Å². The lowest BCUT2D eigenvalue weighted by molar-refractivity contribution is -0.756. The van der Waals surface area contributed by atoms with Crippen LogP contribution in [0.1, 0.15) is 221 Å². The van der Waals surface area contributed by atoms with Crippen LogP contribution < -0.4 is 5.32 Å². The second kappa shape index (κ2) is 36.7. The highest BCUT2D eigenvalue weighted by Crippen LogP contribution is 2.19. The van der Waals surface area contributed by atoms with Crippen LogP contribution in [-0.4, -0.2) is 61.6 Å². The first-order chi connectivity index (χ1) is 24.8. The van der Waals surface area contributed by atoms with E-state index in [0.717, 1.165) is 32.1 Å². The van der Waals surface area contributed by atoms with Crippen LogP contribution in [0.4, 0.5) is 0 Å². The summed E-state index contributed by atoms with van der Waals surface area (Å²) in [6.45, 7) is 9.39. The Kier molecular flexibility index (Phi) is 37.3. The minimum Gasteiger partial charge on any atom is -0.726 e. The van der Waals surface area contributed by atoms with E-state index in [4.69, 9.17) is 9.47 Å². The van der Waals surface area contributed by atoms with Gasteiger partial charge in [-0.05, 0) is 33.6 Å². The van der Waals surface area contributed by atoms with E-state index >= 15 is 0 Å². The maximum absolute atomic E-state index is 12.5. The summed E-state index contributed by atoms with van der Waals surface area (Å²) in [4.78, 5) is 24.8. The highest BCUT2D eigenvalue weighted by atomic mass is 32.3. The summed E-state index contributed by atoms with van der Waals surface area (Å²) in [6, 6.07) is 0. The minimum absolute atomic E-state index is 0.0914. The Morgan fingerprint density at radius 2 is 0.904 bits per heavy atom. The molecule has 0 aliphatic carbocycles. The molecule has 0 aromatic heterocycles. The number of quaternary nitrogens is 1. The SMILES string of the molecule is CCCCCCCCCCCCCCCC(=O)OC(C)CC(O)([NH2+]C)C(C)OC(=O)CCCCCCCCCCCCCCC.CCOS(=O)(=O)[O-]. The lowest BCUT2D eigenvalue weighted by Gasteiger charge is -2.31. The fourth-order valence-corrected chi connectivity index (χ4v) is 6.67. The van der Waals surface area contributed by atoms with Crippen molar-refractivity contribution in [1.82, 2.24) is 0 Å². The summed E-state index contributed by atoms with van der Waals surface area (Å²) in [5.74, 6) is -0.478. The van der Waals surface area contributed by atoms with E-state index in [-0.39, 0.29) is 25.0 Å². The molecule has 0 aromatic carbocycles. The summed E-state index contributed by atoms with van der Waals surface area (Å²) in [5, 5.41) is 12.8. The summed E-state index contributed by atoms with van der Waals surface area (Å²) in [6.07, 6.45) is 32.9. The highest BCUT2D eigenvalue weighted by molar-refractivity contribution is 7.80. The molecule has 52 heavy (non-hydrogen) atoms. The summed E-state index contributed by atoms with van der Waals surface area (Å²) < 4.78 is 43.2. The Bertz CT molecular complexity index is 918. The van der Waals surface area contributed by atoms with Crippen molar-refractivity contribution in [1.29, 1.82) is 0 Å². The summed E-state index contributed by atoms with van der Waals surface area (Å²) in [5.41, 5.74) is -1.33. The molecule has 0 radical (unpaired) electrons. The van der Waals surface area contributed by atoms with E-state index in [1.54, 1.807) is 26.2 Å². The molecule has 0 aliphatic heterocycles. The Balaban J connectivity index is 0. The van der Waals surface area contributed by atoms with Crippen LogP contribution in [0.15, 0.2) is 0 Å². The molecular weight excluding hydrogens is 683 g/mol. The van der Waals surface area contributed by atoms with Gasteiger partial charge in [0.15, 0.2) is 6.10 Å². The molecule has 0 saturated heterocycles. The number of ether oxygens (including phenoxy) is 2. The molecule has 312 valence electrons. The molecule has 0 fully saturated rings. The van der Waals surface area contributed by atoms with Crippen LogP contribution in [0.25, 0.3) is 0 Å². The van der Waals surface area contributed by atoms with Crippen molar-refractivity contribution in [3.8, 4) is 0 Å². The van der Waals surface area contributed by atoms with Gasteiger partial charge >= 0.3 is 11.9 Å². The molecule has 0 spiro atoms. The number of esters is 2. The molecule has 0 saturated carbocycles. The zero-order chi connectivity index (χ0) is 39.4. The molecule has 3 atom stereocenters. The van der Waals surface area contributed by atoms with Crippen molar-refractivity contribution in [3.63, 3.8) is 0 Å². The minimum atomic E-state index is -4.42. The van der Waals surface area contributed by atoms with Crippen LogP contribution in [0, 0.1) is 0 Å². The van der Waals surface area contributed by atoms with Crippen molar-refractivity contribution >= 4 is 22.3 Å². The number of hydrogen-bond donors (Lipinski definition) is 2. The van der Waals surface area contributed by atoms with E-state index in [1.165, 1.54) is 142 Å². The number of carbonyl (C=O) groups is 2. The van der Waals surface area contributed by atoms with Gasteiger partial charge in [-0.3, -0.25) is 13.8 Å². The van der Waals surface area contributed by atoms with Crippen molar-refractivity contribution in [2.75, 3.05) is 13.7 Å². The number of likely N-dealkylation sites (N-methyl/N-ethyl adjacent to an activating group) is 1. The third-order valence-electron chi connectivity index (χ3n) is 9.69. The number of rotatable bonds is 36. The van der Waals surface area contributed by atoms with Gasteiger partial charge in [0.2, 0.25) is 16.1 Å². The van der Waals surface area contributed by atoms with Crippen LogP contribution >= 0.6 is 0 Å². The molecule has 10 nitrogen and oxygen atoms in total. The first kappa shape index (κ1) is 52.8. The monoisotopic (exact) mass is 766 g/mol. The first-order valence-corrected chi connectivity index (χ1v) is 22.7. The van der Waals surface area contributed by atoms with E-state index in [9.17, 15) is 27.7 Å². The van der Waals surface area contributed by atoms with Crippen LogP contribution in [0.5, 0.6) is 0 Å². The summed E-state index contributed by atoms with van der Waals surface area (Å²) in [7, 11) is -2.66. The number of hydrogen-bond acceptors (Lipinski definition) is 9. The molecule has 0 bridgehead atoms. The fourth-order valence-electron chi connectivity index (χ4n) is 6.38. The van der Waals surface area contributed by atoms with Crippen LogP contribution in [-0.2, 0) is 33.6 Å². The lowest BCUT2D eigenvalue weighted by Crippen LogP contribution is -2.97. The molecule has 3 N–H and O–H groups in total. The van der Waals surface area contributed by atoms with Crippen LogP contribution in [0.3, 0.4) is 0 Å². The average molecular weight is 766 g/mol. The number of nitrogens with two attached hydrogens (primary N) is 1. The molecule has 0 rings (SSSR count). The number of carbonyl (C=O) groups excluding carboxylic acids is 2. The lowest BCUT2D eigenvalue weighted by atomic mass is 10.0. The second-order valence-electron chi connectivity index (χ2n) is 14.7. The molecule has 3 unspecified atom stereocenters. The van der Waals surface area contributed by atoms with E-state index in [0.29, 0.717) is 12.8 Å². The Labute approximate surface area is 320 Å².